The zero-order chi connectivity index (χ0) is 11.6. The summed E-state index contributed by atoms with van der Waals surface area (Å²) in [5, 5.41) is 0. The third-order valence-corrected chi connectivity index (χ3v) is 1.97. The fourth-order valence-electron chi connectivity index (χ4n) is 0.850. The van der Waals surface area contributed by atoms with E-state index in [9.17, 15) is 17.6 Å². The Kier molecular flexibility index (Phi) is 3.50. The lowest BCUT2D eigenvalue weighted by Gasteiger charge is -2.12. The number of hydrogen-bond acceptors (Lipinski definition) is 3. The first-order chi connectivity index (χ1) is 6.85. The molecule has 0 radical (unpaired) electrons. The molecular weight excluding hydrogens is 284 g/mol. The summed E-state index contributed by atoms with van der Waals surface area (Å²) in [4.78, 5) is 3.50. The molecule has 0 bridgehead atoms. The Morgan fingerprint density at radius 2 is 2.07 bits per heavy atom. The van der Waals surface area contributed by atoms with Crippen molar-refractivity contribution in [3.63, 3.8) is 0 Å². The summed E-state index contributed by atoms with van der Waals surface area (Å²) in [6.07, 6.45) is -3.96. The number of aromatic nitrogens is 1. The number of pyridine rings is 1. The molecule has 15 heavy (non-hydrogen) atoms. The van der Waals surface area contributed by atoms with Crippen LogP contribution in [0.3, 0.4) is 0 Å². The summed E-state index contributed by atoms with van der Waals surface area (Å²) in [5.74, 6) is -2.18. The van der Waals surface area contributed by atoms with E-state index in [1.165, 1.54) is 0 Å². The average molecular weight is 289 g/mol. The van der Waals surface area contributed by atoms with Crippen LogP contribution in [0.25, 0.3) is 0 Å². The Morgan fingerprint density at radius 1 is 1.47 bits per heavy atom. The van der Waals surface area contributed by atoms with Gasteiger partial charge < -0.3 is 10.5 Å². The van der Waals surface area contributed by atoms with Gasteiger partial charge in [0, 0.05) is 12.7 Å². The van der Waals surface area contributed by atoms with Gasteiger partial charge >= 0.3 is 6.36 Å². The van der Waals surface area contributed by atoms with Gasteiger partial charge in [0.25, 0.3) is 0 Å². The first-order valence-corrected chi connectivity index (χ1v) is 4.43. The average Bonchev–Trinajstić information content (AvgIpc) is 2.11. The standard InChI is InChI=1S/C7H5BrF4N2O/c8-3-2-14-4(1-13)6(5(3)9)15-7(10,11)12/h2H,1,13H2. The van der Waals surface area contributed by atoms with E-state index in [-0.39, 0.29) is 16.7 Å². The minimum atomic E-state index is -4.98. The van der Waals surface area contributed by atoms with Crippen molar-refractivity contribution in [2.75, 3.05) is 0 Å². The second-order valence-electron chi connectivity index (χ2n) is 2.45. The van der Waals surface area contributed by atoms with Crippen molar-refractivity contribution in [2.24, 2.45) is 5.73 Å². The second-order valence-corrected chi connectivity index (χ2v) is 3.30. The van der Waals surface area contributed by atoms with Crippen LogP contribution in [0, 0.1) is 5.82 Å². The van der Waals surface area contributed by atoms with Crippen molar-refractivity contribution in [1.82, 2.24) is 4.98 Å². The third-order valence-electron chi connectivity index (χ3n) is 1.42. The summed E-state index contributed by atoms with van der Waals surface area (Å²) in [6.45, 7) is -0.352. The second kappa shape index (κ2) is 4.31. The number of rotatable bonds is 2. The predicted octanol–water partition coefficient (Wildman–Crippen LogP) is 2.34. The number of halogens is 5. The molecular formula is C7H5BrF4N2O. The number of nitrogens with two attached hydrogens (primary N) is 1. The Labute approximate surface area is 90.4 Å². The van der Waals surface area contributed by atoms with Gasteiger partial charge in [-0.3, -0.25) is 4.98 Å². The van der Waals surface area contributed by atoms with Crippen molar-refractivity contribution in [2.45, 2.75) is 12.9 Å². The Balaban J connectivity index is 3.18. The molecule has 0 amide bonds. The fourth-order valence-corrected chi connectivity index (χ4v) is 1.13. The van der Waals surface area contributed by atoms with Crippen LogP contribution < -0.4 is 10.5 Å². The SMILES string of the molecule is NCc1ncc(Br)c(F)c1OC(F)(F)F. The van der Waals surface area contributed by atoms with Gasteiger partial charge in [0.1, 0.15) is 0 Å². The predicted molar refractivity (Wildman–Crippen MR) is 46.5 cm³/mol. The van der Waals surface area contributed by atoms with Crippen LogP contribution in [0.5, 0.6) is 5.75 Å². The molecule has 1 rings (SSSR count). The van der Waals surface area contributed by atoms with E-state index in [1.54, 1.807) is 0 Å². The zero-order valence-corrected chi connectivity index (χ0v) is 8.69. The van der Waals surface area contributed by atoms with Crippen molar-refractivity contribution in [3.05, 3.63) is 22.2 Å². The van der Waals surface area contributed by atoms with Gasteiger partial charge in [-0.05, 0) is 15.9 Å². The maximum atomic E-state index is 13.2. The summed E-state index contributed by atoms with van der Waals surface area (Å²) in [5.41, 5.74) is 4.80. The highest BCUT2D eigenvalue weighted by atomic mass is 79.9. The van der Waals surface area contributed by atoms with Gasteiger partial charge in [0.05, 0.1) is 10.2 Å². The molecule has 1 aromatic rings. The number of ether oxygens (including phenoxy) is 1. The van der Waals surface area contributed by atoms with Crippen molar-refractivity contribution < 1.29 is 22.3 Å². The van der Waals surface area contributed by atoms with E-state index in [1.807, 2.05) is 0 Å². The van der Waals surface area contributed by atoms with E-state index >= 15 is 0 Å². The van der Waals surface area contributed by atoms with E-state index in [4.69, 9.17) is 5.73 Å². The lowest BCUT2D eigenvalue weighted by molar-refractivity contribution is -0.276. The summed E-state index contributed by atoms with van der Waals surface area (Å²) in [6, 6.07) is 0. The topological polar surface area (TPSA) is 48.1 Å². The molecule has 1 aromatic heterocycles. The highest BCUT2D eigenvalue weighted by molar-refractivity contribution is 9.10. The van der Waals surface area contributed by atoms with Crippen LogP contribution in [0.2, 0.25) is 0 Å². The molecule has 0 aromatic carbocycles. The normalized spacial score (nSPS) is 11.6. The number of nitrogens with zero attached hydrogens (tertiary/aromatic N) is 1. The van der Waals surface area contributed by atoms with Crippen LogP contribution in [0.1, 0.15) is 5.69 Å². The van der Waals surface area contributed by atoms with Crippen LogP contribution >= 0.6 is 15.9 Å². The van der Waals surface area contributed by atoms with Gasteiger partial charge in [-0.1, -0.05) is 0 Å². The molecule has 0 fully saturated rings. The Morgan fingerprint density at radius 3 is 2.53 bits per heavy atom. The van der Waals surface area contributed by atoms with Gasteiger partial charge in [-0.15, -0.1) is 13.2 Å². The minimum Gasteiger partial charge on any atom is -0.401 e. The highest BCUT2D eigenvalue weighted by Crippen LogP contribution is 2.31. The van der Waals surface area contributed by atoms with Gasteiger partial charge in [0.15, 0.2) is 11.6 Å². The monoisotopic (exact) mass is 288 g/mol. The van der Waals surface area contributed by atoms with E-state index in [0.29, 0.717) is 0 Å². The highest BCUT2D eigenvalue weighted by Gasteiger charge is 2.34. The lowest BCUT2D eigenvalue weighted by atomic mass is 10.3. The van der Waals surface area contributed by atoms with Gasteiger partial charge in [-0.2, -0.15) is 0 Å². The third kappa shape index (κ3) is 3.03. The molecule has 2 N–H and O–H groups in total. The molecule has 84 valence electrons. The largest absolute Gasteiger partial charge is 0.573 e. The lowest BCUT2D eigenvalue weighted by Crippen LogP contribution is -2.20. The molecule has 0 unspecified atom stereocenters. The molecule has 0 spiro atoms. The van der Waals surface area contributed by atoms with E-state index in [0.717, 1.165) is 6.20 Å². The molecule has 0 aliphatic rings. The van der Waals surface area contributed by atoms with Crippen LogP contribution in [0.15, 0.2) is 10.7 Å². The summed E-state index contributed by atoms with van der Waals surface area (Å²) in [7, 11) is 0. The van der Waals surface area contributed by atoms with Crippen LogP contribution in [-0.4, -0.2) is 11.3 Å². The molecule has 0 atom stereocenters. The molecule has 1 heterocycles. The van der Waals surface area contributed by atoms with Crippen molar-refractivity contribution in [3.8, 4) is 5.75 Å². The zero-order valence-electron chi connectivity index (χ0n) is 7.11. The van der Waals surface area contributed by atoms with Crippen LogP contribution in [0.4, 0.5) is 17.6 Å². The number of alkyl halides is 3. The molecule has 3 nitrogen and oxygen atoms in total. The molecule has 8 heteroatoms. The van der Waals surface area contributed by atoms with Crippen molar-refractivity contribution >= 4 is 15.9 Å². The maximum absolute atomic E-state index is 13.2. The summed E-state index contributed by atoms with van der Waals surface area (Å²) >= 11 is 2.69. The smallest absolute Gasteiger partial charge is 0.401 e. The van der Waals surface area contributed by atoms with Gasteiger partial charge in [0.2, 0.25) is 0 Å². The van der Waals surface area contributed by atoms with Crippen LogP contribution in [-0.2, 0) is 6.54 Å². The molecule has 0 saturated heterocycles. The quantitative estimate of drug-likeness (QED) is 0.850. The van der Waals surface area contributed by atoms with Crippen molar-refractivity contribution in [1.29, 1.82) is 0 Å². The Bertz CT molecular complexity index is 369. The molecule has 0 aliphatic carbocycles. The Hall–Kier alpha value is -0.890. The summed E-state index contributed by atoms with van der Waals surface area (Å²) < 4.78 is 52.2. The fraction of sp³-hybridized carbons (Fsp3) is 0.286. The van der Waals surface area contributed by atoms with Gasteiger partial charge in [-0.25, -0.2) is 4.39 Å². The molecule has 0 saturated carbocycles. The molecule has 0 aliphatic heterocycles. The first kappa shape index (κ1) is 12.2. The first-order valence-electron chi connectivity index (χ1n) is 3.64. The van der Waals surface area contributed by atoms with E-state index in [2.05, 4.69) is 25.7 Å². The minimum absolute atomic E-state index is 0.223. The maximum Gasteiger partial charge on any atom is 0.573 e. The van der Waals surface area contributed by atoms with E-state index < -0.39 is 17.9 Å². The number of hydrogen-bond donors (Lipinski definition) is 1.